The van der Waals surface area contributed by atoms with Crippen LogP contribution in [0.2, 0.25) is 0 Å². The van der Waals surface area contributed by atoms with E-state index in [4.69, 9.17) is 27.3 Å². The van der Waals surface area contributed by atoms with Crippen molar-refractivity contribution in [2.75, 3.05) is 19.7 Å². The standard InChI is InChI=1S/C64H93N15O18/c1-8-33(6)45-59(92)77-46(34(7)81)58(91)70-29-44(83)75-48(51(85)53(66)86)61(94)74-43(30-80)63(96)97-52(37-18-13-10-14-19-37)49(79-57(90)42(28-36-21-23-38(82)24-22-36)72-54(87)39(65)27-35-16-11-9-12-17-35)62(95)78-47(50(84)32(4)5)60(93)73-41(26-31(2)3)56(89)71-40(55(88)76-45)20-15-25-69-64(67)68/h9-14,16-19,21-24,31-34,39-43,45-52,80-82,84-85H,8,15,20,25-30,65H2,1-7H3,(H2,66,86)(H,70,91)(H,71,89)(H,72,87)(H,73,93)(H,74,94)(H,75,83)(H,76,88)(H,77,92)(H,78,95)(H,79,90)(H4,67,68,69)/t33-,34-,39+,40+,41-,42-,43-,45-,46-,47-,48-,49-,50+,51-,52+/m0/s1. The Morgan fingerprint density at radius 3 is 1.75 bits per heavy atom. The zero-order valence-electron chi connectivity index (χ0n) is 55.0. The third-order valence-electron chi connectivity index (χ3n) is 15.7. The van der Waals surface area contributed by atoms with Gasteiger partial charge in [0, 0.05) is 13.0 Å². The third kappa shape index (κ3) is 25.0. The van der Waals surface area contributed by atoms with Gasteiger partial charge in [0.05, 0.1) is 31.4 Å². The molecule has 0 saturated carbocycles. The number of nitrogens with two attached hydrogens (primary N) is 3. The number of aliphatic hydroxyl groups excluding tert-OH is 4. The van der Waals surface area contributed by atoms with Crippen molar-refractivity contribution in [1.82, 2.24) is 58.5 Å². The Hall–Kier alpha value is -9.83. The Balaban J connectivity index is 2.00. The predicted molar refractivity (Wildman–Crippen MR) is 348 cm³/mol. The molecular weight excluding hydrogens is 1270 g/mol. The molecule has 3 aromatic carbocycles. The van der Waals surface area contributed by atoms with Gasteiger partial charge >= 0.3 is 5.97 Å². The lowest BCUT2D eigenvalue weighted by Gasteiger charge is -2.33. The van der Waals surface area contributed by atoms with Crippen molar-refractivity contribution in [1.29, 1.82) is 5.41 Å². The number of phenolic OH excluding ortho intramolecular Hbond substituents is 1. The van der Waals surface area contributed by atoms with E-state index in [1.165, 1.54) is 68.4 Å². The Labute approximate surface area is 560 Å². The van der Waals surface area contributed by atoms with Gasteiger partial charge in [0.15, 0.2) is 24.2 Å². The Bertz CT molecular complexity index is 3200. The number of phenols is 1. The van der Waals surface area contributed by atoms with Gasteiger partial charge in [0.25, 0.3) is 0 Å². The van der Waals surface area contributed by atoms with Crippen LogP contribution in [0, 0.1) is 23.2 Å². The summed E-state index contributed by atoms with van der Waals surface area (Å²) in [6.07, 6.45) is -8.81. The van der Waals surface area contributed by atoms with Gasteiger partial charge in [-0.15, -0.1) is 0 Å². The van der Waals surface area contributed by atoms with Crippen LogP contribution in [0.3, 0.4) is 0 Å². The molecule has 1 aliphatic rings. The van der Waals surface area contributed by atoms with E-state index >= 15 is 14.4 Å². The van der Waals surface area contributed by atoms with Crippen molar-refractivity contribution < 1.29 is 87.8 Å². The molecule has 0 unspecified atom stereocenters. The fraction of sp³-hybridized carbons (Fsp3) is 0.516. The fourth-order valence-electron chi connectivity index (χ4n) is 9.99. The first-order valence-corrected chi connectivity index (χ1v) is 31.6. The van der Waals surface area contributed by atoms with Crippen LogP contribution in [-0.2, 0) is 75.1 Å². The summed E-state index contributed by atoms with van der Waals surface area (Å²) >= 11 is 0. The molecule has 33 heteroatoms. The van der Waals surface area contributed by atoms with Gasteiger partial charge in [0.2, 0.25) is 65.0 Å². The number of rotatable bonds is 23. The number of primary amides is 1. The van der Waals surface area contributed by atoms with Gasteiger partial charge < -0.3 is 106 Å². The molecule has 23 N–H and O–H groups in total. The molecule has 1 saturated heterocycles. The van der Waals surface area contributed by atoms with Crippen molar-refractivity contribution in [3.8, 4) is 5.75 Å². The first kappa shape index (κ1) is 79.6. The minimum atomic E-state index is -2.60. The van der Waals surface area contributed by atoms with Gasteiger partial charge in [-0.3, -0.25) is 58.1 Å². The summed E-state index contributed by atoms with van der Waals surface area (Å²) in [6.45, 7) is 8.15. The number of carbonyl (C=O) groups excluding carboxylic acids is 12. The Morgan fingerprint density at radius 2 is 1.19 bits per heavy atom. The maximum Gasteiger partial charge on any atom is 0.331 e. The van der Waals surface area contributed by atoms with E-state index in [1.54, 1.807) is 58.0 Å². The van der Waals surface area contributed by atoms with Crippen LogP contribution in [0.5, 0.6) is 5.75 Å². The molecule has 4 rings (SSSR count). The minimum absolute atomic E-state index is 0.00189. The van der Waals surface area contributed by atoms with E-state index in [0.717, 1.165) is 6.92 Å². The molecule has 97 heavy (non-hydrogen) atoms. The molecule has 1 aliphatic heterocycles. The molecule has 1 fully saturated rings. The van der Waals surface area contributed by atoms with Gasteiger partial charge in [-0.1, -0.05) is 121 Å². The number of carbonyl (C=O) groups is 12. The van der Waals surface area contributed by atoms with E-state index in [0.29, 0.717) is 11.1 Å². The fourth-order valence-corrected chi connectivity index (χ4v) is 9.99. The highest BCUT2D eigenvalue weighted by atomic mass is 16.5. The van der Waals surface area contributed by atoms with Crippen LogP contribution in [0.1, 0.15) is 96.9 Å². The summed E-state index contributed by atoms with van der Waals surface area (Å²) in [4.78, 5) is 172. The maximum absolute atomic E-state index is 15.6. The van der Waals surface area contributed by atoms with Gasteiger partial charge in [-0.2, -0.15) is 0 Å². The van der Waals surface area contributed by atoms with E-state index in [2.05, 4.69) is 47.9 Å². The van der Waals surface area contributed by atoms with Gasteiger partial charge in [0.1, 0.15) is 54.1 Å². The molecule has 0 radical (unpaired) electrons. The zero-order chi connectivity index (χ0) is 72.4. The molecule has 0 aromatic heterocycles. The van der Waals surface area contributed by atoms with Crippen LogP contribution in [-0.4, -0.2) is 201 Å². The van der Waals surface area contributed by atoms with Gasteiger partial charge in [-0.05, 0) is 79.2 Å². The topological polar surface area (TPSA) is 549 Å². The second kappa shape index (κ2) is 38.7. The normalized spacial score (nSPS) is 23.6. The van der Waals surface area contributed by atoms with E-state index in [-0.39, 0.29) is 56.4 Å². The quantitative estimate of drug-likeness (QED) is 0.0183. The number of aromatic hydroxyl groups is 1. The zero-order valence-corrected chi connectivity index (χ0v) is 55.0. The van der Waals surface area contributed by atoms with Crippen molar-refractivity contribution in [3.63, 3.8) is 0 Å². The second-order valence-electron chi connectivity index (χ2n) is 24.4. The average molecular weight is 1360 g/mol. The summed E-state index contributed by atoms with van der Waals surface area (Å²) in [5.74, 6) is -17.8. The molecule has 11 amide bonds. The van der Waals surface area contributed by atoms with E-state index in [9.17, 15) is 68.7 Å². The number of nitrogens with one attached hydrogen (secondary N) is 12. The van der Waals surface area contributed by atoms with Crippen molar-refractivity contribution in [2.24, 2.45) is 35.0 Å². The number of amides is 11. The number of benzene rings is 3. The largest absolute Gasteiger partial charge is 0.508 e. The summed E-state index contributed by atoms with van der Waals surface area (Å²) in [5, 5.41) is 88.7. The van der Waals surface area contributed by atoms with Crippen LogP contribution in [0.25, 0.3) is 0 Å². The molecule has 1 heterocycles. The molecular formula is C64H93N15O18. The molecule has 0 bridgehead atoms. The summed E-state index contributed by atoms with van der Waals surface area (Å²) in [6, 6.07) is 2.40. The monoisotopic (exact) mass is 1360 g/mol. The van der Waals surface area contributed by atoms with Crippen molar-refractivity contribution in [2.45, 2.75) is 172 Å². The predicted octanol–water partition coefficient (Wildman–Crippen LogP) is -5.13. The maximum atomic E-state index is 15.6. The highest BCUT2D eigenvalue weighted by Crippen LogP contribution is 2.25. The summed E-state index contributed by atoms with van der Waals surface area (Å²) in [5.41, 5.74) is 18.1. The van der Waals surface area contributed by atoms with Crippen molar-refractivity contribution >= 4 is 76.9 Å². The molecule has 532 valence electrons. The number of ether oxygens (including phenoxy) is 1. The van der Waals surface area contributed by atoms with Crippen molar-refractivity contribution in [3.05, 3.63) is 102 Å². The number of guanidine groups is 1. The number of hydrogen-bond acceptors (Lipinski definition) is 20. The minimum Gasteiger partial charge on any atom is -0.508 e. The molecule has 3 aromatic rings. The number of cyclic esters (lactones) is 1. The van der Waals surface area contributed by atoms with E-state index in [1.807, 2.05) is 10.6 Å². The second-order valence-corrected chi connectivity index (χ2v) is 24.4. The first-order chi connectivity index (χ1) is 45.8. The smallest absolute Gasteiger partial charge is 0.331 e. The summed E-state index contributed by atoms with van der Waals surface area (Å²) in [7, 11) is 0. The van der Waals surface area contributed by atoms with Gasteiger partial charge in [-0.25, -0.2) is 4.79 Å². The lowest BCUT2D eigenvalue weighted by Crippen LogP contribution is -2.64. The van der Waals surface area contributed by atoms with E-state index < -0.39 is 193 Å². The SMILES string of the molecule is CC[C@H](C)[C@@H]1NC(=O)[C@@H](CCCNC(=N)N)NC(=O)[C@H](CC(C)C)NC(=O)[C@H]([C@H](O)C(C)C)NC(=O)[C@@H](NC(=O)[C@H](Cc2ccc(O)cc2)NC(=O)[C@H](N)Cc2ccccc2)[C@@H](c2ccccc2)OC(=O)[C@H](CO)NC(=O)[C@H]([C@H](O)C(N)=O)NC(=O)CNC(=O)[C@H]([C@H](C)O)NC1=O. The Kier molecular flexibility index (Phi) is 31.7. The molecule has 0 spiro atoms. The van der Waals surface area contributed by atoms with Crippen LogP contribution < -0.4 is 75.7 Å². The lowest BCUT2D eigenvalue weighted by molar-refractivity contribution is -0.159. The third-order valence-corrected chi connectivity index (χ3v) is 15.7. The average Bonchev–Trinajstić information content (AvgIpc) is 0.900. The van der Waals surface area contributed by atoms with Crippen LogP contribution in [0.4, 0.5) is 0 Å². The number of hydrogen-bond donors (Lipinski definition) is 20. The van der Waals surface area contributed by atoms with Crippen LogP contribution >= 0.6 is 0 Å². The highest BCUT2D eigenvalue weighted by Gasteiger charge is 2.44. The van der Waals surface area contributed by atoms with Crippen LogP contribution in [0.15, 0.2) is 84.9 Å². The number of esters is 1. The number of aliphatic hydroxyl groups is 4. The Morgan fingerprint density at radius 1 is 0.639 bits per heavy atom. The molecule has 0 aliphatic carbocycles. The lowest BCUT2D eigenvalue weighted by atomic mass is 9.95. The molecule has 33 nitrogen and oxygen atoms in total. The first-order valence-electron chi connectivity index (χ1n) is 31.6. The highest BCUT2D eigenvalue weighted by molar-refractivity contribution is 6.00. The summed E-state index contributed by atoms with van der Waals surface area (Å²) < 4.78 is 5.96. The molecule has 15 atom stereocenters.